The highest BCUT2D eigenvalue weighted by atomic mass is 79.9. The van der Waals surface area contributed by atoms with Gasteiger partial charge in [0.25, 0.3) is 0 Å². The van der Waals surface area contributed by atoms with Gasteiger partial charge in [-0.25, -0.2) is 8.78 Å². The van der Waals surface area contributed by atoms with Gasteiger partial charge < -0.3 is 11.1 Å². The topological polar surface area (TPSA) is 55.1 Å². The van der Waals surface area contributed by atoms with E-state index in [2.05, 4.69) is 21.2 Å². The predicted octanol–water partition coefficient (Wildman–Crippen LogP) is 3.18. The maximum absolute atomic E-state index is 13.4. The molecule has 1 rings (SSSR count). The average molecular weight is 321 g/mol. The molecule has 0 aliphatic rings. The molecule has 1 aromatic rings. The average Bonchev–Trinajstić information content (AvgIpc) is 2.23. The van der Waals surface area contributed by atoms with E-state index >= 15 is 0 Å². The molecule has 100 valence electrons. The molecule has 0 aliphatic carbocycles. The van der Waals surface area contributed by atoms with Gasteiger partial charge in [-0.1, -0.05) is 29.3 Å². The minimum Gasteiger partial charge on any atom is -0.327 e. The Morgan fingerprint density at radius 3 is 2.50 bits per heavy atom. The molecule has 1 aromatic carbocycles. The Balaban J connectivity index is 2.70. The van der Waals surface area contributed by atoms with E-state index in [0.717, 1.165) is 18.6 Å². The molecule has 0 heterocycles. The predicted molar refractivity (Wildman–Crippen MR) is 70.2 cm³/mol. The van der Waals surface area contributed by atoms with Crippen LogP contribution in [0.15, 0.2) is 16.6 Å². The van der Waals surface area contributed by atoms with Crippen LogP contribution in [-0.4, -0.2) is 11.9 Å². The highest BCUT2D eigenvalue weighted by Crippen LogP contribution is 2.23. The van der Waals surface area contributed by atoms with Crippen LogP contribution in [0.2, 0.25) is 0 Å². The van der Waals surface area contributed by atoms with Gasteiger partial charge in [0.15, 0.2) is 11.6 Å². The number of hydrogen-bond donors (Lipinski definition) is 2. The lowest BCUT2D eigenvalue weighted by atomic mass is 10.1. The van der Waals surface area contributed by atoms with E-state index in [-0.39, 0.29) is 16.9 Å². The summed E-state index contributed by atoms with van der Waals surface area (Å²) in [6, 6.07) is 1.88. The fourth-order valence-corrected chi connectivity index (χ4v) is 1.97. The molecule has 3 nitrogen and oxygen atoms in total. The molecule has 0 aliphatic heterocycles. The number of nitrogens with one attached hydrogen (secondary N) is 1. The molecule has 0 fully saturated rings. The second kappa shape index (κ2) is 6.80. The number of benzene rings is 1. The number of anilines is 1. The Morgan fingerprint density at radius 2 is 2.00 bits per heavy atom. The minimum atomic E-state index is -0.820. The summed E-state index contributed by atoms with van der Waals surface area (Å²) < 4.78 is 27.2. The second-order valence-corrected chi connectivity index (χ2v) is 4.96. The molecular weight excluding hydrogens is 306 g/mol. The normalized spacial score (nSPS) is 12.3. The number of nitrogens with two attached hydrogens (primary N) is 1. The molecule has 0 saturated carbocycles. The van der Waals surface area contributed by atoms with Crippen molar-refractivity contribution in [2.24, 2.45) is 5.73 Å². The zero-order valence-electron chi connectivity index (χ0n) is 9.97. The third-order valence-electron chi connectivity index (χ3n) is 2.38. The van der Waals surface area contributed by atoms with Crippen LogP contribution in [0.3, 0.4) is 0 Å². The molecule has 0 saturated heterocycles. The highest BCUT2D eigenvalue weighted by Gasteiger charge is 2.15. The quantitative estimate of drug-likeness (QED) is 0.875. The molecule has 0 spiro atoms. The zero-order chi connectivity index (χ0) is 13.7. The van der Waals surface area contributed by atoms with E-state index < -0.39 is 23.2 Å². The molecular formula is C12H15BrF2N2O. The van der Waals surface area contributed by atoms with Crippen molar-refractivity contribution in [2.45, 2.75) is 32.2 Å². The van der Waals surface area contributed by atoms with Crippen molar-refractivity contribution >= 4 is 27.5 Å². The van der Waals surface area contributed by atoms with E-state index in [1.807, 2.05) is 6.92 Å². The van der Waals surface area contributed by atoms with Crippen molar-refractivity contribution in [1.82, 2.24) is 0 Å². The van der Waals surface area contributed by atoms with Crippen molar-refractivity contribution < 1.29 is 13.6 Å². The first kappa shape index (κ1) is 15.0. The van der Waals surface area contributed by atoms with Gasteiger partial charge in [0.05, 0.1) is 0 Å². The number of carbonyl (C=O) groups excluding carboxylic acids is 1. The highest BCUT2D eigenvalue weighted by molar-refractivity contribution is 9.10. The van der Waals surface area contributed by atoms with Crippen LogP contribution in [0.1, 0.15) is 26.2 Å². The lowest BCUT2D eigenvalue weighted by Crippen LogP contribution is -2.27. The van der Waals surface area contributed by atoms with Gasteiger partial charge in [-0.2, -0.15) is 0 Å². The zero-order valence-corrected chi connectivity index (χ0v) is 11.6. The van der Waals surface area contributed by atoms with Gasteiger partial charge in [0.2, 0.25) is 5.91 Å². The van der Waals surface area contributed by atoms with Crippen LogP contribution in [0.4, 0.5) is 14.5 Å². The Kier molecular flexibility index (Phi) is 5.68. The van der Waals surface area contributed by atoms with Crippen molar-refractivity contribution in [1.29, 1.82) is 0 Å². The molecule has 3 N–H and O–H groups in total. The number of halogens is 3. The van der Waals surface area contributed by atoms with Gasteiger partial charge in [-0.15, -0.1) is 0 Å². The molecule has 0 bridgehead atoms. The fourth-order valence-electron chi connectivity index (χ4n) is 1.56. The van der Waals surface area contributed by atoms with Gasteiger partial charge in [0.1, 0.15) is 5.69 Å². The van der Waals surface area contributed by atoms with Gasteiger partial charge in [0, 0.05) is 16.9 Å². The van der Waals surface area contributed by atoms with Crippen molar-refractivity contribution in [3.05, 3.63) is 28.2 Å². The first-order valence-electron chi connectivity index (χ1n) is 5.64. The van der Waals surface area contributed by atoms with Crippen LogP contribution in [0, 0.1) is 11.6 Å². The maximum Gasteiger partial charge on any atom is 0.226 e. The summed E-state index contributed by atoms with van der Waals surface area (Å²) in [4.78, 5) is 11.6. The summed E-state index contributed by atoms with van der Waals surface area (Å²) in [6.45, 7) is 1.95. The lowest BCUT2D eigenvalue weighted by Gasteiger charge is -2.11. The van der Waals surface area contributed by atoms with E-state index in [4.69, 9.17) is 5.73 Å². The molecule has 1 atom stereocenters. The molecule has 0 aromatic heterocycles. The summed E-state index contributed by atoms with van der Waals surface area (Å²) in [5.41, 5.74) is 5.25. The van der Waals surface area contributed by atoms with Crippen molar-refractivity contribution in [2.75, 3.05) is 5.32 Å². The van der Waals surface area contributed by atoms with Crippen LogP contribution in [-0.2, 0) is 4.79 Å². The monoisotopic (exact) mass is 320 g/mol. The first-order chi connectivity index (χ1) is 8.43. The summed E-state index contributed by atoms with van der Waals surface area (Å²) in [5.74, 6) is -2.13. The molecule has 18 heavy (non-hydrogen) atoms. The summed E-state index contributed by atoms with van der Waals surface area (Å²) in [7, 11) is 0. The smallest absolute Gasteiger partial charge is 0.226 e. The fraction of sp³-hybridized carbons (Fsp3) is 0.417. The second-order valence-electron chi connectivity index (χ2n) is 4.05. The molecule has 0 radical (unpaired) electrons. The summed E-state index contributed by atoms with van der Waals surface area (Å²) in [6.07, 6.45) is 1.59. The standard InChI is InChI=1S/C12H15BrF2N2O/c1-2-3-8(16)6-11(18)17-12-9(14)4-7(13)5-10(12)15/h4-5,8H,2-3,6,16H2,1H3,(H,17,18). The van der Waals surface area contributed by atoms with Gasteiger partial charge >= 0.3 is 0 Å². The third-order valence-corrected chi connectivity index (χ3v) is 2.84. The SMILES string of the molecule is CCCC(N)CC(=O)Nc1c(F)cc(Br)cc1F. The minimum absolute atomic E-state index is 0.0444. The van der Waals surface area contributed by atoms with E-state index in [9.17, 15) is 13.6 Å². The lowest BCUT2D eigenvalue weighted by molar-refractivity contribution is -0.116. The molecule has 6 heteroatoms. The Labute approximate surface area is 113 Å². The van der Waals surface area contributed by atoms with Gasteiger partial charge in [-0.3, -0.25) is 4.79 Å². The van der Waals surface area contributed by atoms with Crippen LogP contribution in [0.25, 0.3) is 0 Å². The molecule has 1 unspecified atom stereocenters. The number of amides is 1. The van der Waals surface area contributed by atoms with Crippen LogP contribution < -0.4 is 11.1 Å². The Hall–Kier alpha value is -1.01. The van der Waals surface area contributed by atoms with E-state index in [0.29, 0.717) is 6.42 Å². The largest absolute Gasteiger partial charge is 0.327 e. The third kappa shape index (κ3) is 4.34. The van der Waals surface area contributed by atoms with Crippen LogP contribution in [0.5, 0.6) is 0 Å². The number of carbonyl (C=O) groups is 1. The van der Waals surface area contributed by atoms with Gasteiger partial charge in [-0.05, 0) is 18.6 Å². The first-order valence-corrected chi connectivity index (χ1v) is 6.43. The number of hydrogen-bond acceptors (Lipinski definition) is 2. The summed E-state index contributed by atoms with van der Waals surface area (Å²) >= 11 is 2.96. The summed E-state index contributed by atoms with van der Waals surface area (Å²) in [5, 5.41) is 2.21. The van der Waals surface area contributed by atoms with E-state index in [1.165, 1.54) is 0 Å². The van der Waals surface area contributed by atoms with Crippen molar-refractivity contribution in [3.8, 4) is 0 Å². The maximum atomic E-state index is 13.4. The number of rotatable bonds is 5. The molecule has 1 amide bonds. The van der Waals surface area contributed by atoms with Crippen LogP contribution >= 0.6 is 15.9 Å². The van der Waals surface area contributed by atoms with E-state index in [1.54, 1.807) is 0 Å². The Morgan fingerprint density at radius 1 is 1.44 bits per heavy atom. The Bertz CT molecular complexity index is 417. The van der Waals surface area contributed by atoms with Crippen molar-refractivity contribution in [3.63, 3.8) is 0 Å².